The molecule has 0 spiro atoms. The Bertz CT molecular complexity index is 1460. The molecule has 3 aromatic carbocycles. The van der Waals surface area contributed by atoms with Crippen molar-refractivity contribution in [3.8, 4) is 5.69 Å². The maximum absolute atomic E-state index is 15.2. The van der Waals surface area contributed by atoms with Crippen molar-refractivity contribution in [2.24, 2.45) is 5.73 Å². The topological polar surface area (TPSA) is 96.5 Å². The van der Waals surface area contributed by atoms with E-state index in [9.17, 15) is 14.0 Å². The lowest BCUT2D eigenvalue weighted by atomic mass is 10.0. The van der Waals surface area contributed by atoms with Gasteiger partial charge in [0.05, 0.1) is 12.2 Å². The fourth-order valence-electron chi connectivity index (χ4n) is 4.03. The summed E-state index contributed by atoms with van der Waals surface area (Å²) in [6.07, 6.45) is 3.32. The van der Waals surface area contributed by atoms with Crippen LogP contribution in [0.1, 0.15) is 17.4 Å². The fraction of sp³-hybridized carbons (Fsp3) is 0.148. The van der Waals surface area contributed by atoms with Crippen LogP contribution < -0.4 is 16.0 Å². The summed E-state index contributed by atoms with van der Waals surface area (Å²) >= 11 is 5.97. The van der Waals surface area contributed by atoms with Crippen molar-refractivity contribution in [2.75, 3.05) is 24.3 Å². The Hall–Kier alpha value is -4.28. The van der Waals surface area contributed by atoms with E-state index in [1.54, 1.807) is 23.0 Å². The highest BCUT2D eigenvalue weighted by molar-refractivity contribution is 6.30. The molecule has 4 aromatic rings. The number of hydrogen-bond donors (Lipinski definition) is 2. The highest BCUT2D eigenvalue weighted by atomic mass is 35.5. The Kier molecular flexibility index (Phi) is 8.04. The third-order valence-corrected chi connectivity index (χ3v) is 5.96. The second-order valence-corrected chi connectivity index (χ2v) is 9.15. The lowest BCUT2D eigenvalue weighted by Gasteiger charge is -2.30. The molecular formula is C27H25ClF2N6O2. The Balaban J connectivity index is 1.70. The Labute approximate surface area is 223 Å². The van der Waals surface area contributed by atoms with E-state index in [0.29, 0.717) is 23.1 Å². The molecule has 4 rings (SSSR count). The lowest BCUT2D eigenvalue weighted by Crippen LogP contribution is -2.44. The van der Waals surface area contributed by atoms with Gasteiger partial charge in [-0.15, -0.1) is 0 Å². The van der Waals surface area contributed by atoms with Crippen LogP contribution in [0.25, 0.3) is 5.69 Å². The SMILES string of the molecule is CN(C)Cc1nccn1-c1ccc(NC(=O)C(c2ccccc2F)N(C(N)=O)c2ccc(Cl)cc2)c(F)c1. The first-order chi connectivity index (χ1) is 18.2. The molecular weight excluding hydrogens is 514 g/mol. The normalized spacial score (nSPS) is 11.8. The van der Waals surface area contributed by atoms with Crippen LogP contribution in [0, 0.1) is 11.6 Å². The molecule has 1 heterocycles. The molecule has 196 valence electrons. The van der Waals surface area contributed by atoms with Gasteiger partial charge in [-0.3, -0.25) is 9.69 Å². The number of nitrogens with two attached hydrogens (primary N) is 1. The third-order valence-electron chi connectivity index (χ3n) is 5.71. The molecule has 0 aliphatic rings. The van der Waals surface area contributed by atoms with Crippen LogP contribution in [-0.4, -0.2) is 40.5 Å². The number of imidazole rings is 1. The number of nitrogens with zero attached hydrogens (tertiary/aromatic N) is 4. The molecule has 1 unspecified atom stereocenters. The first-order valence-electron chi connectivity index (χ1n) is 11.5. The zero-order valence-electron chi connectivity index (χ0n) is 20.6. The van der Waals surface area contributed by atoms with E-state index >= 15 is 4.39 Å². The van der Waals surface area contributed by atoms with Gasteiger partial charge >= 0.3 is 6.03 Å². The number of amides is 3. The molecule has 1 aromatic heterocycles. The molecule has 3 N–H and O–H groups in total. The molecule has 1 atom stereocenters. The summed E-state index contributed by atoms with van der Waals surface area (Å²) < 4.78 is 31.8. The van der Waals surface area contributed by atoms with Gasteiger partial charge in [-0.1, -0.05) is 29.8 Å². The summed E-state index contributed by atoms with van der Waals surface area (Å²) in [4.78, 5) is 33.3. The van der Waals surface area contributed by atoms with Gasteiger partial charge in [0.25, 0.3) is 5.91 Å². The minimum atomic E-state index is -1.55. The van der Waals surface area contributed by atoms with Crippen molar-refractivity contribution in [3.63, 3.8) is 0 Å². The quantitative estimate of drug-likeness (QED) is 0.325. The number of urea groups is 1. The van der Waals surface area contributed by atoms with Crippen LogP contribution in [-0.2, 0) is 11.3 Å². The number of rotatable bonds is 8. The predicted molar refractivity (Wildman–Crippen MR) is 142 cm³/mol. The number of halogens is 3. The molecule has 0 bridgehead atoms. The lowest BCUT2D eigenvalue weighted by molar-refractivity contribution is -0.117. The molecule has 11 heteroatoms. The zero-order valence-corrected chi connectivity index (χ0v) is 21.4. The van der Waals surface area contributed by atoms with E-state index in [-0.39, 0.29) is 16.9 Å². The minimum absolute atomic E-state index is 0.123. The minimum Gasteiger partial charge on any atom is -0.351 e. The third kappa shape index (κ3) is 5.82. The molecule has 0 aliphatic carbocycles. The molecule has 0 saturated heterocycles. The van der Waals surface area contributed by atoms with Crippen LogP contribution in [0.4, 0.5) is 25.0 Å². The van der Waals surface area contributed by atoms with Gasteiger partial charge in [0.15, 0.2) is 0 Å². The van der Waals surface area contributed by atoms with Gasteiger partial charge in [0.1, 0.15) is 23.5 Å². The van der Waals surface area contributed by atoms with Crippen LogP contribution in [0.2, 0.25) is 5.02 Å². The number of nitrogens with one attached hydrogen (secondary N) is 1. The van der Waals surface area contributed by atoms with E-state index in [1.807, 2.05) is 19.0 Å². The van der Waals surface area contributed by atoms with Crippen LogP contribution >= 0.6 is 11.6 Å². The van der Waals surface area contributed by atoms with Crippen molar-refractivity contribution in [1.82, 2.24) is 14.5 Å². The van der Waals surface area contributed by atoms with E-state index in [1.165, 1.54) is 54.6 Å². The Morgan fingerprint density at radius 3 is 2.39 bits per heavy atom. The number of benzene rings is 3. The first-order valence-corrected chi connectivity index (χ1v) is 11.9. The van der Waals surface area contributed by atoms with Gasteiger partial charge in [0, 0.05) is 40.4 Å². The summed E-state index contributed by atoms with van der Waals surface area (Å²) in [5, 5.41) is 2.87. The van der Waals surface area contributed by atoms with Crippen molar-refractivity contribution >= 4 is 34.9 Å². The van der Waals surface area contributed by atoms with Crippen molar-refractivity contribution in [1.29, 1.82) is 0 Å². The highest BCUT2D eigenvalue weighted by Crippen LogP contribution is 2.31. The Morgan fingerprint density at radius 1 is 1.05 bits per heavy atom. The number of hydrogen-bond acceptors (Lipinski definition) is 4. The molecule has 8 nitrogen and oxygen atoms in total. The zero-order chi connectivity index (χ0) is 27.4. The van der Waals surface area contributed by atoms with E-state index in [0.717, 1.165) is 11.0 Å². The first kappa shape index (κ1) is 26.8. The molecule has 38 heavy (non-hydrogen) atoms. The second-order valence-electron chi connectivity index (χ2n) is 8.71. The molecule has 0 saturated carbocycles. The standard InChI is InChI=1S/C27H25ClF2N6O2/c1-34(2)16-24-32-13-14-35(24)19-11-12-23(22(30)15-19)33-26(37)25(20-5-3-4-6-21(20)29)36(27(31)38)18-9-7-17(28)8-10-18/h3-15,25H,16H2,1-2H3,(H2,31,38)(H,33,37). The maximum Gasteiger partial charge on any atom is 0.320 e. The average Bonchev–Trinajstić information content (AvgIpc) is 3.32. The number of carbonyl (C=O) groups excluding carboxylic acids is 2. The van der Waals surface area contributed by atoms with Crippen molar-refractivity contribution in [3.05, 3.63) is 107 Å². The predicted octanol–water partition coefficient (Wildman–Crippen LogP) is 5.13. The highest BCUT2D eigenvalue weighted by Gasteiger charge is 2.34. The summed E-state index contributed by atoms with van der Waals surface area (Å²) in [7, 11) is 3.78. The number of aromatic nitrogens is 2. The van der Waals surface area contributed by atoms with Crippen molar-refractivity contribution < 1.29 is 18.4 Å². The van der Waals surface area contributed by atoms with E-state index in [4.69, 9.17) is 17.3 Å². The summed E-state index contributed by atoms with van der Waals surface area (Å²) in [6.45, 7) is 0.533. The summed E-state index contributed by atoms with van der Waals surface area (Å²) in [5.41, 5.74) is 6.07. The molecule has 0 aliphatic heterocycles. The van der Waals surface area contributed by atoms with E-state index in [2.05, 4.69) is 10.3 Å². The van der Waals surface area contributed by atoms with Crippen LogP contribution in [0.5, 0.6) is 0 Å². The molecule has 0 radical (unpaired) electrons. The van der Waals surface area contributed by atoms with Gasteiger partial charge in [-0.25, -0.2) is 18.6 Å². The van der Waals surface area contributed by atoms with E-state index < -0.39 is 29.6 Å². The Morgan fingerprint density at radius 2 is 1.76 bits per heavy atom. The smallest absolute Gasteiger partial charge is 0.320 e. The van der Waals surface area contributed by atoms with Crippen LogP contribution in [0.15, 0.2) is 79.1 Å². The van der Waals surface area contributed by atoms with Gasteiger partial charge in [-0.05, 0) is 56.6 Å². The number of primary amides is 1. The number of anilines is 2. The van der Waals surface area contributed by atoms with Gasteiger partial charge in [0.2, 0.25) is 0 Å². The fourth-order valence-corrected chi connectivity index (χ4v) is 4.15. The summed E-state index contributed by atoms with van der Waals surface area (Å²) in [6, 6.07) is 13.1. The second kappa shape index (κ2) is 11.4. The largest absolute Gasteiger partial charge is 0.351 e. The average molecular weight is 539 g/mol. The monoisotopic (exact) mass is 538 g/mol. The molecule has 3 amide bonds. The van der Waals surface area contributed by atoms with Crippen molar-refractivity contribution in [2.45, 2.75) is 12.6 Å². The van der Waals surface area contributed by atoms with Crippen LogP contribution in [0.3, 0.4) is 0 Å². The van der Waals surface area contributed by atoms with Gasteiger partial charge in [-0.2, -0.15) is 0 Å². The molecule has 0 fully saturated rings. The summed E-state index contributed by atoms with van der Waals surface area (Å²) in [5.74, 6) is -1.64. The number of carbonyl (C=O) groups is 2. The van der Waals surface area contributed by atoms with Gasteiger partial charge < -0.3 is 20.5 Å². The maximum atomic E-state index is 15.2.